The summed E-state index contributed by atoms with van der Waals surface area (Å²) >= 11 is 0. The van der Waals surface area contributed by atoms with Crippen molar-refractivity contribution in [1.82, 2.24) is 0 Å². The molecule has 2 N–H and O–H groups in total. The summed E-state index contributed by atoms with van der Waals surface area (Å²) in [5, 5.41) is 3.84. The van der Waals surface area contributed by atoms with E-state index in [4.69, 9.17) is 0 Å². The Bertz CT molecular complexity index is 1320. The molecule has 0 saturated heterocycles. The highest BCUT2D eigenvalue weighted by atomic mass is 29.3. The van der Waals surface area contributed by atoms with Crippen molar-refractivity contribution in [3.05, 3.63) is 115 Å². The predicted octanol–water partition coefficient (Wildman–Crippen LogP) is 5.27. The number of rotatable bonds is 5. The van der Waals surface area contributed by atoms with Crippen LogP contribution in [0.15, 0.2) is 48.5 Å². The zero-order valence-electron chi connectivity index (χ0n) is 26.5. The normalized spacial score (nSPS) is 12.2. The molecule has 0 amide bonds. The maximum Gasteiger partial charge on any atom is 0.281 e. The highest BCUT2D eigenvalue weighted by Gasteiger charge is 2.64. The van der Waals surface area contributed by atoms with Crippen LogP contribution in [0.5, 0.6) is 0 Å². The third-order valence-electron chi connectivity index (χ3n) is 8.68. The van der Waals surface area contributed by atoms with E-state index >= 15 is 0 Å². The minimum absolute atomic E-state index is 0.959. The molecule has 0 unspecified atom stereocenters. The Morgan fingerprint density at radius 1 is 0.300 bits per heavy atom. The van der Waals surface area contributed by atoms with Gasteiger partial charge in [-0.1, -0.05) is 70.8 Å². The summed E-state index contributed by atoms with van der Waals surface area (Å²) < 4.78 is 0. The SMILES string of the molecule is Cc1cc(C)c([Si](O)(c2c(C)cc(C)cc2C)[Si](O)(c2c(C)cc(C)cc2C)c2c(C)cc(C)cc2C)c(C)c1. The molecule has 0 bridgehead atoms. The molecular weight excluding hydrogens is 521 g/mol. The van der Waals surface area contributed by atoms with Crippen LogP contribution in [-0.2, 0) is 0 Å². The largest absolute Gasteiger partial charge is 0.424 e. The molecule has 0 saturated carbocycles. The van der Waals surface area contributed by atoms with E-state index in [9.17, 15) is 9.59 Å². The smallest absolute Gasteiger partial charge is 0.281 e. The quantitative estimate of drug-likeness (QED) is 0.323. The molecule has 4 aromatic carbocycles. The molecule has 2 nitrogen and oxygen atoms in total. The van der Waals surface area contributed by atoms with Crippen LogP contribution in [0.3, 0.4) is 0 Å². The van der Waals surface area contributed by atoms with Crippen molar-refractivity contribution >= 4 is 36.4 Å². The van der Waals surface area contributed by atoms with Gasteiger partial charge >= 0.3 is 0 Å². The summed E-state index contributed by atoms with van der Waals surface area (Å²) in [6, 6.07) is 17.4. The van der Waals surface area contributed by atoms with Gasteiger partial charge in [0, 0.05) is 0 Å². The van der Waals surface area contributed by atoms with Crippen LogP contribution >= 0.6 is 0 Å². The van der Waals surface area contributed by atoms with Crippen LogP contribution in [0.4, 0.5) is 0 Å². The van der Waals surface area contributed by atoms with Crippen molar-refractivity contribution in [1.29, 1.82) is 0 Å². The summed E-state index contributed by atoms with van der Waals surface area (Å²) in [6.45, 7) is 25.4. The molecule has 0 aromatic heterocycles. The van der Waals surface area contributed by atoms with Gasteiger partial charge < -0.3 is 9.59 Å². The summed E-state index contributed by atoms with van der Waals surface area (Å²) in [4.78, 5) is 28.1. The fourth-order valence-corrected chi connectivity index (χ4v) is 24.1. The molecule has 0 fully saturated rings. The molecule has 0 atom stereocenters. The van der Waals surface area contributed by atoms with Gasteiger partial charge in [-0.25, -0.2) is 0 Å². The van der Waals surface area contributed by atoms with E-state index in [1.807, 2.05) is 0 Å². The minimum Gasteiger partial charge on any atom is -0.424 e. The summed E-state index contributed by atoms with van der Waals surface area (Å²) in [5.74, 6) is 0. The Labute approximate surface area is 243 Å². The van der Waals surface area contributed by atoms with Gasteiger partial charge in [-0.05, 0) is 148 Å². The third kappa shape index (κ3) is 4.65. The van der Waals surface area contributed by atoms with Gasteiger partial charge in [0.1, 0.15) is 0 Å². The van der Waals surface area contributed by atoms with E-state index in [-0.39, 0.29) is 0 Å². The average molecular weight is 567 g/mol. The van der Waals surface area contributed by atoms with Gasteiger partial charge in [-0.2, -0.15) is 0 Å². The molecule has 4 heteroatoms. The van der Waals surface area contributed by atoms with E-state index in [0.717, 1.165) is 65.3 Å². The first kappa shape index (κ1) is 30.2. The Morgan fingerprint density at radius 2 is 0.425 bits per heavy atom. The second kappa shape index (κ2) is 10.6. The molecule has 0 spiro atoms. The van der Waals surface area contributed by atoms with Crippen molar-refractivity contribution in [3.63, 3.8) is 0 Å². The molecule has 4 rings (SSSR count). The Balaban J connectivity index is 2.39. The number of aryl methyl sites for hydroxylation is 12. The molecule has 4 aromatic rings. The fourth-order valence-electron chi connectivity index (χ4n) is 7.98. The lowest BCUT2D eigenvalue weighted by Crippen LogP contribution is -2.88. The fraction of sp³-hybridized carbons (Fsp3) is 0.333. The van der Waals surface area contributed by atoms with Crippen LogP contribution in [-0.4, -0.2) is 25.3 Å². The Kier molecular flexibility index (Phi) is 7.98. The van der Waals surface area contributed by atoms with Gasteiger partial charge in [0.15, 0.2) is 0 Å². The molecule has 0 aliphatic carbocycles. The molecule has 0 aliphatic heterocycles. The second-order valence-corrected chi connectivity index (χ2v) is 21.7. The van der Waals surface area contributed by atoms with Crippen LogP contribution in [0.25, 0.3) is 0 Å². The molecular formula is C36H46O2Si2. The topological polar surface area (TPSA) is 40.5 Å². The van der Waals surface area contributed by atoms with Crippen molar-refractivity contribution in [2.45, 2.75) is 83.1 Å². The van der Waals surface area contributed by atoms with E-state index in [2.05, 4.69) is 132 Å². The van der Waals surface area contributed by atoms with Crippen molar-refractivity contribution < 1.29 is 9.59 Å². The Hall–Kier alpha value is -2.77. The third-order valence-corrected chi connectivity index (χ3v) is 21.9. The monoisotopic (exact) mass is 566 g/mol. The highest BCUT2D eigenvalue weighted by molar-refractivity contribution is 7.55. The van der Waals surface area contributed by atoms with E-state index < -0.39 is 15.7 Å². The lowest BCUT2D eigenvalue weighted by Gasteiger charge is -2.46. The first-order chi connectivity index (χ1) is 18.5. The molecule has 210 valence electrons. The number of hydrogen-bond donors (Lipinski definition) is 2. The standard InChI is InChI=1S/C36H46O2Si2/c1-21-13-25(5)33(26(6)14-21)39(37,34-27(7)15-22(2)16-28(34)8)40(38,35-29(9)17-23(3)18-30(35)10)36-31(11)19-24(4)20-32(36)12/h13-20,37-38H,1-12H3. The molecule has 40 heavy (non-hydrogen) atoms. The Morgan fingerprint density at radius 3 is 0.550 bits per heavy atom. The lowest BCUT2D eigenvalue weighted by molar-refractivity contribution is 0.539. The van der Waals surface area contributed by atoms with Gasteiger partial charge in [0.25, 0.3) is 15.7 Å². The highest BCUT2D eigenvalue weighted by Crippen LogP contribution is 2.28. The van der Waals surface area contributed by atoms with Crippen LogP contribution in [0.2, 0.25) is 0 Å². The average Bonchev–Trinajstić information content (AvgIpc) is 2.76. The van der Waals surface area contributed by atoms with Gasteiger partial charge in [-0.15, -0.1) is 0 Å². The zero-order valence-corrected chi connectivity index (χ0v) is 28.5. The second-order valence-electron chi connectivity index (χ2n) is 12.5. The number of benzene rings is 4. The van der Waals surface area contributed by atoms with Crippen LogP contribution < -0.4 is 20.7 Å². The van der Waals surface area contributed by atoms with E-state index in [0.29, 0.717) is 0 Å². The number of hydrogen-bond acceptors (Lipinski definition) is 2. The van der Waals surface area contributed by atoms with Crippen molar-refractivity contribution in [3.8, 4) is 0 Å². The summed E-state index contributed by atoms with van der Waals surface area (Å²) in [5.41, 5.74) is 13.1. The van der Waals surface area contributed by atoms with Gasteiger partial charge in [0.05, 0.1) is 0 Å². The van der Waals surface area contributed by atoms with Gasteiger partial charge in [0.2, 0.25) is 0 Å². The predicted molar refractivity (Wildman–Crippen MR) is 177 cm³/mol. The summed E-state index contributed by atoms with van der Waals surface area (Å²) in [7, 11) is -7.85. The first-order valence-corrected chi connectivity index (χ1v) is 19.2. The van der Waals surface area contributed by atoms with Crippen LogP contribution in [0, 0.1) is 83.1 Å². The van der Waals surface area contributed by atoms with E-state index in [1.54, 1.807) is 0 Å². The summed E-state index contributed by atoms with van der Waals surface area (Å²) in [6.07, 6.45) is 0. The maximum atomic E-state index is 14.1. The van der Waals surface area contributed by atoms with Crippen molar-refractivity contribution in [2.75, 3.05) is 0 Å². The minimum atomic E-state index is -3.93. The molecule has 0 radical (unpaired) electrons. The molecule has 0 heterocycles. The first-order valence-electron chi connectivity index (χ1n) is 14.3. The zero-order chi connectivity index (χ0) is 29.9. The van der Waals surface area contributed by atoms with Gasteiger partial charge in [-0.3, -0.25) is 0 Å². The molecule has 0 aliphatic rings. The van der Waals surface area contributed by atoms with Crippen LogP contribution in [0.1, 0.15) is 66.8 Å². The van der Waals surface area contributed by atoms with E-state index in [1.165, 1.54) is 22.3 Å². The maximum absolute atomic E-state index is 14.1. The lowest BCUT2D eigenvalue weighted by atomic mass is 10.1. The van der Waals surface area contributed by atoms with Crippen molar-refractivity contribution in [2.24, 2.45) is 0 Å².